The molecule has 0 aromatic carbocycles. The number of hydrogen-bond acceptors (Lipinski definition) is 6. The highest BCUT2D eigenvalue weighted by Gasteiger charge is 2.26. The number of rotatable bonds is 3. The fourth-order valence-corrected chi connectivity index (χ4v) is 4.77. The molecule has 0 amide bonds. The number of likely N-dealkylation sites (tertiary alicyclic amines) is 1. The molecule has 8 heteroatoms. The summed E-state index contributed by atoms with van der Waals surface area (Å²) >= 11 is 1.01. The topological polar surface area (TPSA) is 88.3 Å². The lowest BCUT2D eigenvalue weighted by Gasteiger charge is -2.29. The van der Waals surface area contributed by atoms with Crippen molar-refractivity contribution in [1.82, 2.24) is 14.6 Å². The minimum atomic E-state index is -3.49. The van der Waals surface area contributed by atoms with Crippen molar-refractivity contribution in [2.24, 2.45) is 0 Å². The van der Waals surface area contributed by atoms with Crippen LogP contribution in [0.5, 0.6) is 0 Å². The van der Waals surface area contributed by atoms with E-state index in [1.165, 1.54) is 0 Å². The minimum Gasteiger partial charge on any atom is -0.375 e. The Hall–Kier alpha value is -0.700. The molecule has 1 unspecified atom stereocenters. The number of aryl methyl sites for hydroxylation is 1. The molecular weight excluding hydrogens is 272 g/mol. The Bertz CT molecular complexity index is 526. The molecule has 0 aliphatic carbocycles. The summed E-state index contributed by atoms with van der Waals surface area (Å²) in [6.45, 7) is 3.42. The maximum absolute atomic E-state index is 12.2. The van der Waals surface area contributed by atoms with Gasteiger partial charge in [0.15, 0.2) is 9.34 Å². The van der Waals surface area contributed by atoms with Gasteiger partial charge in [0, 0.05) is 12.6 Å². The van der Waals surface area contributed by atoms with Crippen molar-refractivity contribution in [3.8, 4) is 0 Å². The van der Waals surface area contributed by atoms with E-state index in [-0.39, 0.29) is 15.4 Å². The Morgan fingerprint density at radius 2 is 2.28 bits per heavy atom. The summed E-state index contributed by atoms with van der Waals surface area (Å²) in [4.78, 5) is 6.08. The van der Waals surface area contributed by atoms with Gasteiger partial charge >= 0.3 is 0 Å². The van der Waals surface area contributed by atoms with Crippen LogP contribution < -0.4 is 10.5 Å². The highest BCUT2D eigenvalue weighted by Crippen LogP contribution is 2.25. The second-order valence-electron chi connectivity index (χ2n) is 4.65. The van der Waals surface area contributed by atoms with E-state index >= 15 is 0 Å². The highest BCUT2D eigenvalue weighted by molar-refractivity contribution is 7.91. The van der Waals surface area contributed by atoms with Gasteiger partial charge in [0.2, 0.25) is 0 Å². The number of anilines is 1. The van der Waals surface area contributed by atoms with Gasteiger partial charge in [0.25, 0.3) is 10.0 Å². The molecule has 1 atom stereocenters. The molecule has 2 rings (SSSR count). The van der Waals surface area contributed by atoms with E-state index in [1.54, 1.807) is 6.92 Å². The van der Waals surface area contributed by atoms with E-state index in [0.29, 0.717) is 5.69 Å². The number of likely N-dealkylation sites (N-methyl/N-ethyl adjacent to an activating group) is 1. The zero-order chi connectivity index (χ0) is 13.3. The van der Waals surface area contributed by atoms with Crippen molar-refractivity contribution >= 4 is 26.5 Å². The summed E-state index contributed by atoms with van der Waals surface area (Å²) in [6.07, 6.45) is 1.88. The van der Waals surface area contributed by atoms with Gasteiger partial charge in [-0.2, -0.15) is 0 Å². The number of nitrogens with one attached hydrogen (secondary N) is 1. The van der Waals surface area contributed by atoms with Crippen LogP contribution in [0.2, 0.25) is 0 Å². The van der Waals surface area contributed by atoms with Crippen LogP contribution in [0, 0.1) is 6.92 Å². The first-order chi connectivity index (χ1) is 8.38. The first-order valence-corrected chi connectivity index (χ1v) is 8.12. The zero-order valence-electron chi connectivity index (χ0n) is 10.5. The summed E-state index contributed by atoms with van der Waals surface area (Å²) in [5.41, 5.74) is 6.01. The van der Waals surface area contributed by atoms with Gasteiger partial charge in [-0.05, 0) is 33.4 Å². The third-order valence-corrected chi connectivity index (χ3v) is 6.08. The largest absolute Gasteiger partial charge is 0.375 e. The van der Waals surface area contributed by atoms with Crippen LogP contribution in [0.1, 0.15) is 18.5 Å². The average Bonchev–Trinajstić information content (AvgIpc) is 2.58. The Morgan fingerprint density at radius 1 is 1.56 bits per heavy atom. The molecule has 3 N–H and O–H groups in total. The lowest BCUT2D eigenvalue weighted by Crippen LogP contribution is -2.46. The van der Waals surface area contributed by atoms with Crippen molar-refractivity contribution in [3.63, 3.8) is 0 Å². The molecule has 1 aliphatic rings. The molecule has 102 valence electrons. The zero-order valence-corrected chi connectivity index (χ0v) is 12.1. The molecule has 0 saturated carbocycles. The van der Waals surface area contributed by atoms with Crippen LogP contribution in [0.15, 0.2) is 4.21 Å². The third-order valence-electron chi connectivity index (χ3n) is 2.96. The maximum Gasteiger partial charge on any atom is 0.252 e. The number of aromatic nitrogens is 1. The number of nitrogens with zero attached hydrogens (tertiary/aromatic N) is 2. The highest BCUT2D eigenvalue weighted by atomic mass is 32.2. The number of nitrogen functional groups attached to an aromatic ring is 1. The predicted octanol–water partition coefficient (Wildman–Crippen LogP) is 0.406. The van der Waals surface area contributed by atoms with Crippen LogP contribution in [-0.4, -0.2) is 44.5 Å². The lowest BCUT2D eigenvalue weighted by molar-refractivity contribution is 0.242. The van der Waals surface area contributed by atoms with E-state index < -0.39 is 10.0 Å². The van der Waals surface area contributed by atoms with E-state index in [4.69, 9.17) is 5.73 Å². The molecule has 0 spiro atoms. The fourth-order valence-electron chi connectivity index (χ4n) is 2.19. The van der Waals surface area contributed by atoms with E-state index in [0.717, 1.165) is 37.3 Å². The average molecular weight is 290 g/mol. The Balaban J connectivity index is 2.14. The summed E-state index contributed by atoms with van der Waals surface area (Å²) in [5, 5.41) is 0.286. The van der Waals surface area contributed by atoms with Crippen LogP contribution in [0.4, 0.5) is 5.13 Å². The quantitative estimate of drug-likeness (QED) is 0.841. The Morgan fingerprint density at radius 3 is 2.83 bits per heavy atom. The molecule has 1 aromatic heterocycles. The van der Waals surface area contributed by atoms with Crippen molar-refractivity contribution in [2.45, 2.75) is 30.0 Å². The first kappa shape index (κ1) is 13.7. The SMILES string of the molecule is Cc1nc(N)sc1S(=O)(=O)NC1CCCN(C)C1. The molecule has 1 fully saturated rings. The predicted molar refractivity (Wildman–Crippen MR) is 72.1 cm³/mol. The second kappa shape index (κ2) is 5.12. The fraction of sp³-hybridized carbons (Fsp3) is 0.700. The molecule has 6 nitrogen and oxygen atoms in total. The second-order valence-corrected chi connectivity index (χ2v) is 7.59. The first-order valence-electron chi connectivity index (χ1n) is 5.82. The molecule has 0 bridgehead atoms. The van der Waals surface area contributed by atoms with Crippen LogP contribution in [0.3, 0.4) is 0 Å². The Labute approximate surface area is 111 Å². The lowest BCUT2D eigenvalue weighted by atomic mass is 10.1. The van der Waals surface area contributed by atoms with Crippen molar-refractivity contribution in [3.05, 3.63) is 5.69 Å². The van der Waals surface area contributed by atoms with Gasteiger partial charge in [-0.1, -0.05) is 11.3 Å². The van der Waals surface area contributed by atoms with Crippen molar-refractivity contribution < 1.29 is 8.42 Å². The van der Waals surface area contributed by atoms with Gasteiger partial charge in [-0.3, -0.25) is 0 Å². The number of nitrogens with two attached hydrogens (primary N) is 1. The standard InChI is InChI=1S/C10H18N4O2S2/c1-7-9(17-10(11)12-7)18(15,16)13-8-4-3-5-14(2)6-8/h8,13H,3-6H2,1-2H3,(H2,11,12). The molecular formula is C10H18N4O2S2. The van der Waals surface area contributed by atoms with Gasteiger partial charge < -0.3 is 10.6 Å². The monoisotopic (exact) mass is 290 g/mol. The summed E-state index contributed by atoms with van der Waals surface area (Å²) in [5.74, 6) is 0. The maximum atomic E-state index is 12.2. The summed E-state index contributed by atoms with van der Waals surface area (Å²) in [6, 6.07) is -0.0310. The van der Waals surface area contributed by atoms with Crippen molar-refractivity contribution in [2.75, 3.05) is 25.9 Å². The molecule has 1 aliphatic heterocycles. The Kier molecular flexibility index (Phi) is 3.90. The summed E-state index contributed by atoms with van der Waals surface area (Å²) in [7, 11) is -1.50. The molecule has 2 heterocycles. The van der Waals surface area contributed by atoms with Gasteiger partial charge in [-0.25, -0.2) is 18.1 Å². The number of piperidine rings is 1. The van der Waals surface area contributed by atoms with Gasteiger partial charge in [0.05, 0.1) is 5.69 Å². The smallest absolute Gasteiger partial charge is 0.252 e. The van der Waals surface area contributed by atoms with Crippen LogP contribution >= 0.6 is 11.3 Å². The molecule has 1 saturated heterocycles. The normalized spacial score (nSPS) is 22.2. The number of thiazole rings is 1. The van der Waals surface area contributed by atoms with E-state index in [2.05, 4.69) is 14.6 Å². The number of hydrogen-bond donors (Lipinski definition) is 2. The van der Waals surface area contributed by atoms with Crippen LogP contribution in [0.25, 0.3) is 0 Å². The van der Waals surface area contributed by atoms with E-state index in [1.807, 2.05) is 7.05 Å². The van der Waals surface area contributed by atoms with Gasteiger partial charge in [0.1, 0.15) is 0 Å². The van der Waals surface area contributed by atoms with Crippen LogP contribution in [-0.2, 0) is 10.0 Å². The molecule has 18 heavy (non-hydrogen) atoms. The van der Waals surface area contributed by atoms with Crippen molar-refractivity contribution in [1.29, 1.82) is 0 Å². The third kappa shape index (κ3) is 3.00. The minimum absolute atomic E-state index is 0.0310. The molecule has 1 aromatic rings. The van der Waals surface area contributed by atoms with Gasteiger partial charge in [-0.15, -0.1) is 0 Å². The number of sulfonamides is 1. The molecule has 0 radical (unpaired) electrons. The summed E-state index contributed by atoms with van der Waals surface area (Å²) < 4.78 is 27.4. The van der Waals surface area contributed by atoms with E-state index in [9.17, 15) is 8.42 Å².